The van der Waals surface area contributed by atoms with Crippen LogP contribution >= 0.6 is 11.8 Å². The van der Waals surface area contributed by atoms with Crippen LogP contribution in [-0.4, -0.2) is 23.1 Å². The zero-order valence-electron chi connectivity index (χ0n) is 10.2. The van der Waals surface area contributed by atoms with Crippen LogP contribution < -0.4 is 5.32 Å². The van der Waals surface area contributed by atoms with Gasteiger partial charge in [-0.05, 0) is 61.5 Å². The summed E-state index contributed by atoms with van der Waals surface area (Å²) in [5.41, 5.74) is 0. The molecule has 0 spiro atoms. The third kappa shape index (κ3) is 1.42. The summed E-state index contributed by atoms with van der Waals surface area (Å²) in [6.45, 7) is 2.42. The Morgan fingerprint density at radius 3 is 2.50 bits per heavy atom. The van der Waals surface area contributed by atoms with Crippen LogP contribution in [-0.2, 0) is 0 Å². The first-order valence-electron chi connectivity index (χ1n) is 7.22. The van der Waals surface area contributed by atoms with Crippen molar-refractivity contribution in [1.82, 2.24) is 5.32 Å². The minimum absolute atomic E-state index is 0.828. The van der Waals surface area contributed by atoms with E-state index in [1.54, 1.807) is 19.3 Å². The molecular weight excluding hydrogens is 214 g/mol. The van der Waals surface area contributed by atoms with Crippen LogP contribution in [0.1, 0.15) is 39.0 Å². The van der Waals surface area contributed by atoms with Crippen LogP contribution in [0.5, 0.6) is 0 Å². The number of rotatable bonds is 2. The molecule has 1 saturated heterocycles. The number of fused-ring (bicyclic) bond motifs is 5. The van der Waals surface area contributed by atoms with Gasteiger partial charge in [-0.25, -0.2) is 0 Å². The van der Waals surface area contributed by atoms with E-state index in [0.29, 0.717) is 0 Å². The van der Waals surface area contributed by atoms with Gasteiger partial charge in [0.2, 0.25) is 0 Å². The molecule has 0 amide bonds. The second-order valence-corrected chi connectivity index (χ2v) is 7.99. The van der Waals surface area contributed by atoms with Gasteiger partial charge in [-0.3, -0.25) is 0 Å². The molecule has 1 heterocycles. The topological polar surface area (TPSA) is 12.0 Å². The highest BCUT2D eigenvalue weighted by atomic mass is 32.2. The molecule has 2 bridgehead atoms. The van der Waals surface area contributed by atoms with Crippen molar-refractivity contribution in [2.75, 3.05) is 5.75 Å². The minimum atomic E-state index is 0.828. The van der Waals surface area contributed by atoms with Gasteiger partial charge < -0.3 is 5.32 Å². The van der Waals surface area contributed by atoms with E-state index < -0.39 is 0 Å². The molecule has 6 unspecified atom stereocenters. The summed E-state index contributed by atoms with van der Waals surface area (Å²) in [4.78, 5) is 0. The van der Waals surface area contributed by atoms with Gasteiger partial charge in [0.1, 0.15) is 0 Å². The molecule has 0 radical (unpaired) electrons. The molecule has 3 saturated carbocycles. The fourth-order valence-corrected chi connectivity index (χ4v) is 6.09. The van der Waals surface area contributed by atoms with Gasteiger partial charge >= 0.3 is 0 Å². The van der Waals surface area contributed by atoms with E-state index in [1.165, 1.54) is 18.6 Å². The number of hydrogen-bond acceptors (Lipinski definition) is 2. The van der Waals surface area contributed by atoms with Crippen molar-refractivity contribution in [3.8, 4) is 0 Å². The van der Waals surface area contributed by atoms with Crippen molar-refractivity contribution in [3.05, 3.63) is 0 Å². The van der Waals surface area contributed by atoms with E-state index in [4.69, 9.17) is 0 Å². The Bertz CT molecular complexity index is 276. The van der Waals surface area contributed by atoms with Gasteiger partial charge in [-0.1, -0.05) is 6.92 Å². The first-order valence-corrected chi connectivity index (χ1v) is 8.27. The highest BCUT2D eigenvalue weighted by Crippen LogP contribution is 2.65. The molecule has 90 valence electrons. The molecule has 3 aliphatic carbocycles. The highest BCUT2D eigenvalue weighted by Gasteiger charge is 2.65. The van der Waals surface area contributed by atoms with Crippen molar-refractivity contribution in [3.63, 3.8) is 0 Å². The largest absolute Gasteiger partial charge is 0.310 e. The van der Waals surface area contributed by atoms with Crippen molar-refractivity contribution >= 4 is 11.8 Å². The Morgan fingerprint density at radius 1 is 1.06 bits per heavy atom. The molecule has 0 aromatic carbocycles. The molecule has 6 atom stereocenters. The zero-order chi connectivity index (χ0) is 10.7. The van der Waals surface area contributed by atoms with Gasteiger partial charge in [0.25, 0.3) is 0 Å². The van der Waals surface area contributed by atoms with Crippen molar-refractivity contribution in [2.24, 2.45) is 23.7 Å². The van der Waals surface area contributed by atoms with Gasteiger partial charge in [0.15, 0.2) is 0 Å². The molecule has 1 aliphatic heterocycles. The highest BCUT2D eigenvalue weighted by molar-refractivity contribution is 7.99. The Morgan fingerprint density at radius 2 is 1.81 bits per heavy atom. The fourth-order valence-electron chi connectivity index (χ4n) is 4.94. The summed E-state index contributed by atoms with van der Waals surface area (Å²) in [5, 5.41) is 4.88. The first-order chi connectivity index (χ1) is 7.84. The van der Waals surface area contributed by atoms with E-state index in [2.05, 4.69) is 24.0 Å². The maximum Gasteiger partial charge on any atom is 0.0186 e. The minimum Gasteiger partial charge on any atom is -0.310 e. The molecule has 0 aromatic heterocycles. The Kier molecular flexibility index (Phi) is 2.34. The lowest BCUT2D eigenvalue weighted by molar-refractivity contribution is 0.394. The standard InChI is InChI=1S/C14H23NS/c1-8-11(3-2-6-16-8)15-14-12-9-4-5-10(7-9)13(12)14/h8-15H,2-7H2,1H3. The fraction of sp³-hybridized carbons (Fsp3) is 1.00. The molecular formula is C14H23NS. The lowest BCUT2D eigenvalue weighted by atomic mass is 10.0. The van der Waals surface area contributed by atoms with E-state index in [1.807, 2.05) is 0 Å². The number of nitrogens with one attached hydrogen (secondary N) is 1. The summed E-state index contributed by atoms with van der Waals surface area (Å²) in [5.74, 6) is 5.86. The summed E-state index contributed by atoms with van der Waals surface area (Å²) < 4.78 is 0. The second-order valence-electron chi connectivity index (χ2n) is 6.50. The lowest BCUT2D eigenvalue weighted by Crippen LogP contribution is -2.42. The Labute approximate surface area is 103 Å². The maximum absolute atomic E-state index is 4.02. The number of hydrogen-bond donors (Lipinski definition) is 1. The van der Waals surface area contributed by atoms with Gasteiger partial charge in [0, 0.05) is 17.3 Å². The maximum atomic E-state index is 4.02. The third-order valence-electron chi connectivity index (χ3n) is 5.75. The van der Waals surface area contributed by atoms with E-state index >= 15 is 0 Å². The predicted molar refractivity (Wildman–Crippen MR) is 69.7 cm³/mol. The predicted octanol–water partition coefficient (Wildman–Crippen LogP) is 2.90. The van der Waals surface area contributed by atoms with E-state index in [-0.39, 0.29) is 0 Å². The normalized spacial score (nSPS) is 58.7. The molecule has 2 heteroatoms. The second kappa shape index (κ2) is 3.65. The summed E-state index contributed by atoms with van der Waals surface area (Å²) in [6.07, 6.45) is 7.56. The average molecular weight is 237 g/mol. The van der Waals surface area contributed by atoms with Gasteiger partial charge in [-0.15, -0.1) is 0 Å². The lowest BCUT2D eigenvalue weighted by Gasteiger charge is -2.30. The smallest absolute Gasteiger partial charge is 0.0186 e. The monoisotopic (exact) mass is 237 g/mol. The van der Waals surface area contributed by atoms with Crippen LogP contribution in [0.3, 0.4) is 0 Å². The Hall–Kier alpha value is 0.310. The number of thioether (sulfide) groups is 1. The first kappa shape index (κ1) is 10.3. The zero-order valence-corrected chi connectivity index (χ0v) is 11.0. The molecule has 0 aromatic rings. The summed E-state index contributed by atoms with van der Waals surface area (Å²) in [6, 6.07) is 1.77. The molecule has 1 N–H and O–H groups in total. The quantitative estimate of drug-likeness (QED) is 0.792. The van der Waals surface area contributed by atoms with Crippen molar-refractivity contribution in [1.29, 1.82) is 0 Å². The molecule has 4 aliphatic rings. The Balaban J connectivity index is 1.39. The molecule has 1 nitrogen and oxygen atoms in total. The van der Waals surface area contributed by atoms with Crippen LogP contribution in [0.15, 0.2) is 0 Å². The van der Waals surface area contributed by atoms with Crippen molar-refractivity contribution in [2.45, 2.75) is 56.4 Å². The molecule has 16 heavy (non-hydrogen) atoms. The third-order valence-corrected chi connectivity index (χ3v) is 7.13. The molecule has 4 fully saturated rings. The van der Waals surface area contributed by atoms with Gasteiger partial charge in [0.05, 0.1) is 0 Å². The molecule has 4 rings (SSSR count). The van der Waals surface area contributed by atoms with Gasteiger partial charge in [-0.2, -0.15) is 11.8 Å². The van der Waals surface area contributed by atoms with Crippen LogP contribution in [0, 0.1) is 23.7 Å². The SMILES string of the molecule is CC1SCCCC1NC1C2C3CCC(C3)C12. The van der Waals surface area contributed by atoms with Crippen molar-refractivity contribution < 1.29 is 0 Å². The summed E-state index contributed by atoms with van der Waals surface area (Å²) >= 11 is 2.18. The van der Waals surface area contributed by atoms with Crippen LogP contribution in [0.25, 0.3) is 0 Å². The van der Waals surface area contributed by atoms with Crippen LogP contribution in [0.4, 0.5) is 0 Å². The van der Waals surface area contributed by atoms with E-state index in [0.717, 1.165) is 41.0 Å². The summed E-state index contributed by atoms with van der Waals surface area (Å²) in [7, 11) is 0. The van der Waals surface area contributed by atoms with E-state index in [9.17, 15) is 0 Å². The van der Waals surface area contributed by atoms with Crippen LogP contribution in [0.2, 0.25) is 0 Å². The average Bonchev–Trinajstić information content (AvgIpc) is 2.71.